The Bertz CT molecular complexity index is 774. The quantitative estimate of drug-likeness (QED) is 0.686. The molecule has 4 nitrogen and oxygen atoms in total. The van der Waals surface area contributed by atoms with E-state index in [1.54, 1.807) is 0 Å². The van der Waals surface area contributed by atoms with E-state index in [1.807, 2.05) is 18.2 Å². The van der Waals surface area contributed by atoms with Crippen LogP contribution in [0.2, 0.25) is 0 Å². The lowest BCUT2D eigenvalue weighted by Crippen LogP contribution is -2.56. The van der Waals surface area contributed by atoms with Gasteiger partial charge in [0.1, 0.15) is 0 Å². The number of benzene rings is 2. The Kier molecular flexibility index (Phi) is 5.50. The average Bonchev–Trinajstić information content (AvgIpc) is 2.68. The van der Waals surface area contributed by atoms with Crippen molar-refractivity contribution in [3.8, 4) is 0 Å². The second-order valence-electron chi connectivity index (χ2n) is 7.23. The van der Waals surface area contributed by atoms with Crippen LogP contribution in [0.1, 0.15) is 16.7 Å². The highest BCUT2D eigenvalue weighted by Crippen LogP contribution is 2.30. The first-order valence-electron chi connectivity index (χ1n) is 9.29. The second-order valence-corrected chi connectivity index (χ2v) is 8.39. The number of hydrogen-bond acceptors (Lipinski definition) is 4. The first-order valence-corrected chi connectivity index (χ1v) is 10.4. The predicted octanol–water partition coefficient (Wildman–Crippen LogP) is 2.43. The third-order valence-corrected chi connectivity index (χ3v) is 6.80. The number of rotatable bonds is 3. The van der Waals surface area contributed by atoms with Crippen LogP contribution in [0.5, 0.6) is 0 Å². The summed E-state index contributed by atoms with van der Waals surface area (Å²) in [5, 5.41) is 20.3. The Hall–Kier alpha value is -1.15. The fourth-order valence-corrected chi connectivity index (χ4v) is 5.12. The zero-order chi connectivity index (χ0) is 18.1. The minimum atomic E-state index is -0.294. The van der Waals surface area contributed by atoms with Crippen LogP contribution in [0.3, 0.4) is 0 Å². The Morgan fingerprint density at radius 1 is 0.962 bits per heavy atom. The lowest BCUT2D eigenvalue weighted by Gasteiger charge is -2.44. The van der Waals surface area contributed by atoms with E-state index in [1.165, 1.54) is 14.7 Å². The van der Waals surface area contributed by atoms with Crippen molar-refractivity contribution in [3.63, 3.8) is 0 Å². The van der Waals surface area contributed by atoms with E-state index >= 15 is 0 Å². The predicted molar refractivity (Wildman–Crippen MR) is 113 cm³/mol. The van der Waals surface area contributed by atoms with E-state index in [9.17, 15) is 10.2 Å². The van der Waals surface area contributed by atoms with Gasteiger partial charge < -0.3 is 15.1 Å². The molecular formula is C21H25IN2O2. The van der Waals surface area contributed by atoms with Crippen molar-refractivity contribution in [2.24, 2.45) is 0 Å². The first kappa shape index (κ1) is 18.2. The molecule has 0 aromatic heterocycles. The fourth-order valence-electron chi connectivity index (χ4n) is 4.35. The summed E-state index contributed by atoms with van der Waals surface area (Å²) in [6.07, 6.45) is 1.39. The van der Waals surface area contributed by atoms with Gasteiger partial charge in [0.2, 0.25) is 0 Å². The standard InChI is InChI=1S/C21H25IN2O2/c22-18-6-3-5-15-12-21(26)20(13-17(15)18)24-10-8-23(9-11-24)19-7-2-1-4-16(19)14-25/h1-7,20-21,25-26H,8-14H2. The average molecular weight is 464 g/mol. The van der Waals surface area contributed by atoms with Crippen LogP contribution in [0.25, 0.3) is 0 Å². The van der Waals surface area contributed by atoms with Crippen molar-refractivity contribution >= 4 is 28.3 Å². The number of para-hydroxylation sites is 1. The van der Waals surface area contributed by atoms with Crippen LogP contribution < -0.4 is 4.90 Å². The Morgan fingerprint density at radius 3 is 2.50 bits per heavy atom. The molecule has 2 aromatic rings. The van der Waals surface area contributed by atoms with Crippen LogP contribution in [-0.2, 0) is 19.4 Å². The third kappa shape index (κ3) is 3.50. The van der Waals surface area contributed by atoms with Crippen molar-refractivity contribution < 1.29 is 10.2 Å². The normalized spacial score (nSPS) is 23.7. The number of fused-ring (bicyclic) bond motifs is 1. The molecule has 0 radical (unpaired) electrons. The minimum absolute atomic E-state index is 0.0763. The Balaban J connectivity index is 1.46. The summed E-state index contributed by atoms with van der Waals surface area (Å²) in [7, 11) is 0. The van der Waals surface area contributed by atoms with Crippen molar-refractivity contribution in [2.45, 2.75) is 31.6 Å². The molecule has 2 aliphatic rings. The van der Waals surface area contributed by atoms with Crippen LogP contribution in [0, 0.1) is 3.57 Å². The van der Waals surface area contributed by atoms with E-state index < -0.39 is 0 Å². The van der Waals surface area contributed by atoms with Gasteiger partial charge in [-0.25, -0.2) is 0 Å². The molecule has 1 aliphatic carbocycles. The zero-order valence-electron chi connectivity index (χ0n) is 14.8. The van der Waals surface area contributed by atoms with Gasteiger partial charge in [0.15, 0.2) is 0 Å². The van der Waals surface area contributed by atoms with Gasteiger partial charge in [-0.2, -0.15) is 0 Å². The van der Waals surface area contributed by atoms with E-state index in [4.69, 9.17) is 0 Å². The van der Waals surface area contributed by atoms with Gasteiger partial charge in [-0.3, -0.25) is 4.90 Å². The van der Waals surface area contributed by atoms with Crippen LogP contribution in [0.15, 0.2) is 42.5 Å². The van der Waals surface area contributed by atoms with Gasteiger partial charge in [-0.15, -0.1) is 0 Å². The highest BCUT2D eigenvalue weighted by atomic mass is 127. The molecule has 0 bridgehead atoms. The van der Waals surface area contributed by atoms with Crippen molar-refractivity contribution in [2.75, 3.05) is 31.1 Å². The molecule has 2 unspecified atom stereocenters. The third-order valence-electron chi connectivity index (χ3n) is 5.79. The topological polar surface area (TPSA) is 46.9 Å². The van der Waals surface area contributed by atoms with E-state index in [0.717, 1.165) is 50.3 Å². The van der Waals surface area contributed by atoms with Crippen LogP contribution in [0.4, 0.5) is 5.69 Å². The summed E-state index contributed by atoms with van der Waals surface area (Å²) < 4.78 is 1.31. The largest absolute Gasteiger partial charge is 0.392 e. The number of hydrogen-bond donors (Lipinski definition) is 2. The summed E-state index contributed by atoms with van der Waals surface area (Å²) in [5.74, 6) is 0. The van der Waals surface area contributed by atoms with Gasteiger partial charge in [-0.05, 0) is 52.3 Å². The molecule has 2 aromatic carbocycles. The number of piperazine rings is 1. The molecule has 1 saturated heterocycles. The lowest BCUT2D eigenvalue weighted by atomic mass is 9.85. The van der Waals surface area contributed by atoms with Crippen LogP contribution >= 0.6 is 22.6 Å². The van der Waals surface area contributed by atoms with Gasteiger partial charge >= 0.3 is 0 Å². The Labute approximate surface area is 168 Å². The summed E-state index contributed by atoms with van der Waals surface area (Å²) in [5.41, 5.74) is 4.84. The molecular weight excluding hydrogens is 439 g/mol. The van der Waals surface area contributed by atoms with Gasteiger partial charge in [0, 0.05) is 53.5 Å². The van der Waals surface area contributed by atoms with E-state index in [-0.39, 0.29) is 18.8 Å². The smallest absolute Gasteiger partial charge is 0.0739 e. The SMILES string of the molecule is OCc1ccccc1N1CCN(C2Cc3c(I)cccc3CC2O)CC1. The number of aliphatic hydroxyl groups is 2. The number of anilines is 1. The van der Waals surface area contributed by atoms with Crippen molar-refractivity contribution in [1.29, 1.82) is 0 Å². The summed E-state index contributed by atoms with van der Waals surface area (Å²) in [6.45, 7) is 3.82. The first-order chi connectivity index (χ1) is 12.7. The molecule has 0 saturated carbocycles. The summed E-state index contributed by atoms with van der Waals surface area (Å²) >= 11 is 2.42. The maximum Gasteiger partial charge on any atom is 0.0739 e. The fraction of sp³-hybridized carbons (Fsp3) is 0.429. The molecule has 2 N–H and O–H groups in total. The van der Waals surface area contributed by atoms with Crippen molar-refractivity contribution in [3.05, 3.63) is 62.7 Å². The monoisotopic (exact) mass is 464 g/mol. The van der Waals surface area contributed by atoms with Crippen LogP contribution in [-0.4, -0.2) is 53.4 Å². The summed E-state index contributed by atoms with van der Waals surface area (Å²) in [4.78, 5) is 4.81. The molecule has 1 fully saturated rings. The van der Waals surface area contributed by atoms with E-state index in [2.05, 4.69) is 56.7 Å². The number of halogens is 1. The molecule has 26 heavy (non-hydrogen) atoms. The molecule has 2 atom stereocenters. The summed E-state index contributed by atoms with van der Waals surface area (Å²) in [6, 6.07) is 14.7. The maximum absolute atomic E-state index is 10.7. The Morgan fingerprint density at radius 2 is 1.73 bits per heavy atom. The highest BCUT2D eigenvalue weighted by molar-refractivity contribution is 14.1. The number of nitrogens with zero attached hydrogens (tertiary/aromatic N) is 2. The lowest BCUT2D eigenvalue weighted by molar-refractivity contribution is 0.0393. The van der Waals surface area contributed by atoms with E-state index in [0.29, 0.717) is 0 Å². The van der Waals surface area contributed by atoms with Gasteiger partial charge in [0.25, 0.3) is 0 Å². The minimum Gasteiger partial charge on any atom is -0.392 e. The molecule has 138 valence electrons. The zero-order valence-corrected chi connectivity index (χ0v) is 17.0. The molecule has 0 amide bonds. The maximum atomic E-state index is 10.7. The molecule has 1 aliphatic heterocycles. The van der Waals surface area contributed by atoms with Gasteiger partial charge in [0.05, 0.1) is 12.7 Å². The number of aliphatic hydroxyl groups excluding tert-OH is 2. The second kappa shape index (κ2) is 7.84. The van der Waals surface area contributed by atoms with Crippen molar-refractivity contribution in [1.82, 2.24) is 4.90 Å². The molecule has 5 heteroatoms. The molecule has 0 spiro atoms. The molecule has 4 rings (SSSR count). The van der Waals surface area contributed by atoms with Gasteiger partial charge in [-0.1, -0.05) is 30.3 Å². The highest BCUT2D eigenvalue weighted by Gasteiger charge is 2.34. The molecule has 1 heterocycles.